The molecule has 1 aliphatic carbocycles. The molecule has 7 heteroatoms. The van der Waals surface area contributed by atoms with Crippen molar-refractivity contribution in [2.45, 2.75) is 51.5 Å². The van der Waals surface area contributed by atoms with Gasteiger partial charge in [0.15, 0.2) is 0 Å². The van der Waals surface area contributed by atoms with Gasteiger partial charge in [-0.15, -0.1) is 0 Å². The number of benzene rings is 2. The van der Waals surface area contributed by atoms with Gasteiger partial charge in [0.2, 0.25) is 0 Å². The summed E-state index contributed by atoms with van der Waals surface area (Å²) in [6, 6.07) is 13.9. The van der Waals surface area contributed by atoms with Gasteiger partial charge in [-0.05, 0) is 85.3 Å². The number of nitrogens with one attached hydrogen (secondary N) is 2. The van der Waals surface area contributed by atoms with E-state index in [0.717, 1.165) is 24.2 Å². The number of rotatable bonds is 9. The second kappa shape index (κ2) is 11.2. The molecule has 1 fully saturated rings. The first-order chi connectivity index (χ1) is 16.9. The fourth-order valence-electron chi connectivity index (χ4n) is 4.86. The Bertz CT molecular complexity index is 1150. The minimum absolute atomic E-state index is 0.0994. The van der Waals surface area contributed by atoms with Crippen LogP contribution in [0.3, 0.4) is 0 Å². The predicted octanol–water partition coefficient (Wildman–Crippen LogP) is 5.86. The molecular formula is C28H32FN3O3. The van der Waals surface area contributed by atoms with Crippen LogP contribution in [-0.2, 0) is 4.79 Å². The first kappa shape index (κ1) is 24.5. The van der Waals surface area contributed by atoms with Crippen LogP contribution in [0, 0.1) is 18.7 Å². The van der Waals surface area contributed by atoms with E-state index in [1.807, 2.05) is 16.7 Å². The summed E-state index contributed by atoms with van der Waals surface area (Å²) in [5.41, 5.74) is 4.73. The molecule has 0 aliphatic heterocycles. The van der Waals surface area contributed by atoms with E-state index in [1.165, 1.54) is 42.5 Å². The fraction of sp³-hybridized carbons (Fsp3) is 0.357. The van der Waals surface area contributed by atoms with E-state index in [9.17, 15) is 14.0 Å². The van der Waals surface area contributed by atoms with E-state index in [2.05, 4.69) is 30.0 Å². The molecule has 3 aromatic rings. The molecular weight excluding hydrogens is 445 g/mol. The Morgan fingerprint density at radius 3 is 2.37 bits per heavy atom. The van der Waals surface area contributed by atoms with Crippen molar-refractivity contribution in [1.29, 1.82) is 0 Å². The zero-order chi connectivity index (χ0) is 24.8. The van der Waals surface area contributed by atoms with E-state index < -0.39 is 5.97 Å². The summed E-state index contributed by atoms with van der Waals surface area (Å²) in [6.45, 7) is 2.21. The summed E-state index contributed by atoms with van der Waals surface area (Å²) in [5, 5.41) is 15.1. The highest BCUT2D eigenvalue weighted by Crippen LogP contribution is 2.38. The highest BCUT2D eigenvalue weighted by molar-refractivity contribution is 5.94. The van der Waals surface area contributed by atoms with E-state index in [4.69, 9.17) is 5.11 Å². The molecule has 1 aliphatic rings. The minimum Gasteiger partial charge on any atom is -0.481 e. The maximum absolute atomic E-state index is 13.4. The summed E-state index contributed by atoms with van der Waals surface area (Å²) in [5.74, 6) is -0.986. The first-order valence-corrected chi connectivity index (χ1v) is 12.2. The van der Waals surface area contributed by atoms with Crippen LogP contribution in [0.5, 0.6) is 0 Å². The number of amides is 1. The Labute approximate surface area is 205 Å². The number of hydrogen-bond acceptors (Lipinski definition) is 3. The number of carbonyl (C=O) groups excluding carboxylic acids is 1. The van der Waals surface area contributed by atoms with Crippen LogP contribution >= 0.6 is 0 Å². The van der Waals surface area contributed by atoms with E-state index in [0.29, 0.717) is 11.5 Å². The number of nitrogens with zero attached hydrogens (tertiary/aromatic N) is 1. The summed E-state index contributed by atoms with van der Waals surface area (Å²) < 4.78 is 15.5. The Morgan fingerprint density at radius 1 is 1.03 bits per heavy atom. The zero-order valence-corrected chi connectivity index (χ0v) is 20.0. The van der Waals surface area contributed by atoms with Crippen LogP contribution in [0.2, 0.25) is 0 Å². The standard InChI is InChI=1S/C28H32FN3O3/c1-19-17-32(24-13-9-22(29)10-14-24)18-25(19)27(20-5-3-2-4-6-20)31-23-11-7-21(8-12-23)28(35)30-16-15-26(33)34/h7-14,17-18,20,27,31H,2-6,15-16H2,1H3,(H,30,35)(H,33,34). The molecule has 1 atom stereocenters. The van der Waals surface area contributed by atoms with E-state index in [-0.39, 0.29) is 30.7 Å². The quantitative estimate of drug-likeness (QED) is 0.360. The largest absolute Gasteiger partial charge is 0.481 e. The predicted molar refractivity (Wildman–Crippen MR) is 134 cm³/mol. The molecule has 3 N–H and O–H groups in total. The van der Waals surface area contributed by atoms with Gasteiger partial charge in [-0.2, -0.15) is 0 Å². The number of aliphatic carboxylic acids is 1. The third-order valence-electron chi connectivity index (χ3n) is 6.74. The van der Waals surface area contributed by atoms with Gasteiger partial charge in [0, 0.05) is 35.9 Å². The molecule has 4 rings (SSSR count). The normalized spacial score (nSPS) is 14.9. The highest BCUT2D eigenvalue weighted by atomic mass is 19.1. The average molecular weight is 478 g/mol. The number of carboxylic acids is 1. The topological polar surface area (TPSA) is 83.4 Å². The van der Waals surface area contributed by atoms with Crippen LogP contribution in [0.4, 0.5) is 10.1 Å². The smallest absolute Gasteiger partial charge is 0.305 e. The fourth-order valence-corrected chi connectivity index (χ4v) is 4.86. The van der Waals surface area contributed by atoms with Crippen molar-refractivity contribution in [1.82, 2.24) is 9.88 Å². The first-order valence-electron chi connectivity index (χ1n) is 12.2. The van der Waals surface area contributed by atoms with Gasteiger partial charge in [-0.3, -0.25) is 9.59 Å². The molecule has 1 unspecified atom stereocenters. The van der Waals surface area contributed by atoms with Crippen molar-refractivity contribution >= 4 is 17.6 Å². The third kappa shape index (κ3) is 6.29. The van der Waals surface area contributed by atoms with Crippen LogP contribution < -0.4 is 10.6 Å². The van der Waals surface area contributed by atoms with Crippen molar-refractivity contribution in [2.75, 3.05) is 11.9 Å². The summed E-state index contributed by atoms with van der Waals surface area (Å²) in [6.07, 6.45) is 10.1. The van der Waals surface area contributed by atoms with Crippen molar-refractivity contribution < 1.29 is 19.1 Å². The van der Waals surface area contributed by atoms with Gasteiger partial charge in [0.25, 0.3) is 5.91 Å². The molecule has 0 bridgehead atoms. The lowest BCUT2D eigenvalue weighted by Crippen LogP contribution is -2.26. The van der Waals surface area contributed by atoms with Crippen molar-refractivity contribution in [3.05, 3.63) is 83.4 Å². The van der Waals surface area contributed by atoms with Crippen molar-refractivity contribution in [2.24, 2.45) is 5.92 Å². The molecule has 1 aromatic heterocycles. The van der Waals surface area contributed by atoms with Gasteiger partial charge in [0.1, 0.15) is 5.82 Å². The summed E-state index contributed by atoms with van der Waals surface area (Å²) in [4.78, 5) is 22.9. The monoisotopic (exact) mass is 477 g/mol. The summed E-state index contributed by atoms with van der Waals surface area (Å²) in [7, 11) is 0. The Balaban J connectivity index is 1.54. The molecule has 0 saturated heterocycles. The Hall–Kier alpha value is -3.61. The minimum atomic E-state index is -0.942. The lowest BCUT2D eigenvalue weighted by Gasteiger charge is -2.32. The maximum atomic E-state index is 13.4. The van der Waals surface area contributed by atoms with Crippen molar-refractivity contribution in [3.63, 3.8) is 0 Å². The molecule has 0 spiro atoms. The number of aromatic nitrogens is 1. The molecule has 1 amide bonds. The van der Waals surface area contributed by atoms with Gasteiger partial charge < -0.3 is 20.3 Å². The Morgan fingerprint density at radius 2 is 1.71 bits per heavy atom. The lowest BCUT2D eigenvalue weighted by atomic mass is 9.81. The van der Waals surface area contributed by atoms with Crippen LogP contribution in [-0.4, -0.2) is 28.1 Å². The van der Waals surface area contributed by atoms with Gasteiger partial charge in [-0.25, -0.2) is 4.39 Å². The zero-order valence-electron chi connectivity index (χ0n) is 20.0. The van der Waals surface area contributed by atoms with Crippen molar-refractivity contribution in [3.8, 4) is 5.69 Å². The van der Waals surface area contributed by atoms with E-state index in [1.54, 1.807) is 24.3 Å². The molecule has 1 saturated carbocycles. The molecule has 35 heavy (non-hydrogen) atoms. The second-order valence-electron chi connectivity index (χ2n) is 9.28. The lowest BCUT2D eigenvalue weighted by molar-refractivity contribution is -0.136. The number of hydrogen-bond donors (Lipinski definition) is 3. The van der Waals surface area contributed by atoms with E-state index >= 15 is 0 Å². The number of carbonyl (C=O) groups is 2. The SMILES string of the molecule is Cc1cn(-c2ccc(F)cc2)cc1C(Nc1ccc(C(=O)NCCC(=O)O)cc1)C1CCCCC1. The summed E-state index contributed by atoms with van der Waals surface area (Å²) >= 11 is 0. The highest BCUT2D eigenvalue weighted by Gasteiger charge is 2.27. The average Bonchev–Trinajstić information content (AvgIpc) is 3.24. The molecule has 1 heterocycles. The van der Waals surface area contributed by atoms with Gasteiger partial charge in [-0.1, -0.05) is 19.3 Å². The molecule has 6 nitrogen and oxygen atoms in total. The van der Waals surface area contributed by atoms with Crippen LogP contribution in [0.25, 0.3) is 5.69 Å². The van der Waals surface area contributed by atoms with Gasteiger partial charge in [0.05, 0.1) is 12.5 Å². The number of aryl methyl sites for hydroxylation is 1. The molecule has 0 radical (unpaired) electrons. The third-order valence-corrected chi connectivity index (χ3v) is 6.74. The number of carboxylic acid groups (broad SMARTS) is 1. The molecule has 2 aromatic carbocycles. The van der Waals surface area contributed by atoms with Crippen LogP contribution in [0.15, 0.2) is 60.9 Å². The second-order valence-corrected chi connectivity index (χ2v) is 9.28. The number of halogens is 1. The maximum Gasteiger partial charge on any atom is 0.305 e. The number of anilines is 1. The van der Waals surface area contributed by atoms with Crippen LogP contribution in [0.1, 0.15) is 66.1 Å². The molecule has 184 valence electrons. The Kier molecular flexibility index (Phi) is 7.85. The van der Waals surface area contributed by atoms with Gasteiger partial charge >= 0.3 is 5.97 Å².